The Morgan fingerprint density at radius 1 is 1.07 bits per heavy atom. The van der Waals surface area contributed by atoms with E-state index < -0.39 is 24.3 Å². The fourth-order valence-corrected chi connectivity index (χ4v) is 5.83. The lowest BCUT2D eigenvalue weighted by Gasteiger charge is -2.48. The minimum absolute atomic E-state index is 0.0616. The maximum atomic E-state index is 13.6. The van der Waals surface area contributed by atoms with Crippen molar-refractivity contribution in [1.82, 2.24) is 19.6 Å². The molecule has 40 heavy (non-hydrogen) atoms. The van der Waals surface area contributed by atoms with Crippen molar-refractivity contribution in [3.05, 3.63) is 69.4 Å². The maximum Gasteiger partial charge on any atom is 0.416 e. The number of likely N-dealkylation sites (tertiary alicyclic amines) is 1. The molecule has 2 heterocycles. The first-order valence-electron chi connectivity index (χ1n) is 13.2. The number of carbonyl (C=O) groups excluding carboxylic acids is 2. The molecule has 12 heteroatoms. The summed E-state index contributed by atoms with van der Waals surface area (Å²) in [7, 11) is 1.56. The van der Waals surface area contributed by atoms with E-state index in [9.17, 15) is 27.2 Å². The number of nitrogens with zero attached hydrogens (tertiary/aromatic N) is 4. The number of piperazine rings is 1. The Bertz CT molecular complexity index is 1180. The van der Waals surface area contributed by atoms with Crippen molar-refractivity contribution in [3.8, 4) is 0 Å². The number of alkyl halides is 3. The second-order valence-electron chi connectivity index (χ2n) is 10.4. The fraction of sp³-hybridized carbons (Fsp3) is 0.500. The van der Waals surface area contributed by atoms with Gasteiger partial charge in [-0.2, -0.15) is 13.2 Å². The van der Waals surface area contributed by atoms with Gasteiger partial charge < -0.3 is 19.8 Å². The lowest BCUT2D eigenvalue weighted by molar-refractivity contribution is -0.138. The van der Waals surface area contributed by atoms with E-state index in [1.54, 1.807) is 24.1 Å². The van der Waals surface area contributed by atoms with Gasteiger partial charge in [-0.15, -0.1) is 0 Å². The molecular formula is C28H33BrF4N4O3. The Morgan fingerprint density at radius 3 is 2.33 bits per heavy atom. The number of hydrogen-bond acceptors (Lipinski definition) is 5. The van der Waals surface area contributed by atoms with Gasteiger partial charge in [0.05, 0.1) is 5.56 Å². The fourth-order valence-electron chi connectivity index (χ4n) is 5.34. The zero-order valence-electron chi connectivity index (χ0n) is 22.2. The molecule has 0 spiro atoms. The number of amides is 2. The van der Waals surface area contributed by atoms with E-state index in [-0.39, 0.29) is 34.2 Å². The summed E-state index contributed by atoms with van der Waals surface area (Å²) in [4.78, 5) is 32.6. The van der Waals surface area contributed by atoms with Gasteiger partial charge in [-0.05, 0) is 48.9 Å². The van der Waals surface area contributed by atoms with Crippen LogP contribution in [0.25, 0.3) is 0 Å². The van der Waals surface area contributed by atoms with Crippen LogP contribution in [0.1, 0.15) is 33.8 Å². The maximum absolute atomic E-state index is 13.6. The van der Waals surface area contributed by atoms with Crippen molar-refractivity contribution in [3.63, 3.8) is 0 Å². The zero-order valence-corrected chi connectivity index (χ0v) is 23.8. The molecule has 1 atom stereocenters. The predicted molar refractivity (Wildman–Crippen MR) is 145 cm³/mol. The number of benzene rings is 2. The molecule has 2 saturated heterocycles. The van der Waals surface area contributed by atoms with Crippen LogP contribution < -0.4 is 0 Å². The number of aliphatic hydroxyl groups is 1. The molecule has 2 aliphatic heterocycles. The van der Waals surface area contributed by atoms with Crippen LogP contribution in [0.5, 0.6) is 0 Å². The van der Waals surface area contributed by atoms with Crippen LogP contribution in [0.4, 0.5) is 17.6 Å². The second kappa shape index (κ2) is 13.0. The number of rotatable bonds is 9. The quantitative estimate of drug-likeness (QED) is 0.429. The Hall–Kier alpha value is -2.54. The molecule has 218 valence electrons. The summed E-state index contributed by atoms with van der Waals surface area (Å²) in [6, 6.07) is 9.67. The topological polar surface area (TPSA) is 67.3 Å². The van der Waals surface area contributed by atoms with E-state index in [2.05, 4.69) is 25.7 Å². The van der Waals surface area contributed by atoms with Crippen LogP contribution in [0.15, 0.2) is 46.9 Å². The van der Waals surface area contributed by atoms with Gasteiger partial charge in [0.25, 0.3) is 5.91 Å². The lowest BCUT2D eigenvalue weighted by atomic mass is 9.93. The van der Waals surface area contributed by atoms with Gasteiger partial charge in [-0.3, -0.25) is 14.5 Å². The first kappa shape index (κ1) is 30.4. The molecule has 0 bridgehead atoms. The molecule has 0 radical (unpaired) electrons. The van der Waals surface area contributed by atoms with Crippen molar-refractivity contribution in [2.24, 2.45) is 0 Å². The second-order valence-corrected chi connectivity index (χ2v) is 11.4. The Balaban J connectivity index is 1.35. The normalized spacial score (nSPS) is 17.9. The summed E-state index contributed by atoms with van der Waals surface area (Å²) in [5.41, 5.74) is -0.107. The average Bonchev–Trinajstić information content (AvgIpc) is 2.90. The van der Waals surface area contributed by atoms with Crippen LogP contribution in [0, 0.1) is 5.82 Å². The van der Waals surface area contributed by atoms with Crippen molar-refractivity contribution < 1.29 is 32.3 Å². The third-order valence-electron chi connectivity index (χ3n) is 7.70. The van der Waals surface area contributed by atoms with Gasteiger partial charge in [0.1, 0.15) is 12.4 Å². The van der Waals surface area contributed by atoms with Crippen LogP contribution >= 0.6 is 15.9 Å². The molecule has 4 rings (SSSR count). The van der Waals surface area contributed by atoms with Gasteiger partial charge in [0, 0.05) is 74.9 Å². The molecule has 0 aromatic heterocycles. The summed E-state index contributed by atoms with van der Waals surface area (Å²) >= 11 is 3.08. The average molecular weight is 629 g/mol. The molecule has 7 nitrogen and oxygen atoms in total. The van der Waals surface area contributed by atoms with E-state index in [4.69, 9.17) is 5.11 Å². The summed E-state index contributed by atoms with van der Waals surface area (Å²) in [5.74, 6) is -1.28. The third-order valence-corrected chi connectivity index (χ3v) is 8.16. The molecule has 0 aliphatic carbocycles. The Morgan fingerprint density at radius 2 is 1.73 bits per heavy atom. The molecular weight excluding hydrogens is 596 g/mol. The lowest BCUT2D eigenvalue weighted by Crippen LogP contribution is -2.63. The number of halogens is 5. The van der Waals surface area contributed by atoms with E-state index in [0.29, 0.717) is 25.6 Å². The van der Waals surface area contributed by atoms with Crippen molar-refractivity contribution in [2.75, 3.05) is 66.0 Å². The summed E-state index contributed by atoms with van der Waals surface area (Å²) in [6.45, 7) is 5.02. The Kier molecular flexibility index (Phi) is 9.86. The molecule has 2 aromatic carbocycles. The van der Waals surface area contributed by atoms with Gasteiger partial charge in [0.2, 0.25) is 5.91 Å². The first-order chi connectivity index (χ1) is 18.9. The zero-order chi connectivity index (χ0) is 29.0. The van der Waals surface area contributed by atoms with E-state index >= 15 is 0 Å². The predicted octanol–water partition coefficient (Wildman–Crippen LogP) is 3.67. The molecule has 1 unspecified atom stereocenters. The number of aliphatic hydroxyl groups excluding tert-OH is 1. The minimum atomic E-state index is -4.58. The highest BCUT2D eigenvalue weighted by atomic mass is 79.9. The third kappa shape index (κ3) is 7.59. The molecule has 2 aliphatic rings. The molecule has 2 aromatic rings. The van der Waals surface area contributed by atoms with Gasteiger partial charge >= 0.3 is 6.18 Å². The summed E-state index contributed by atoms with van der Waals surface area (Å²) in [5, 5.41) is 9.05. The highest BCUT2D eigenvalue weighted by molar-refractivity contribution is 9.10. The largest absolute Gasteiger partial charge is 0.416 e. The standard InChI is InChI=1S/C28H33BrF4N4O3/c1-34(27(40)21-12-22(28(31,32)33)14-23(29)13-21)15-20(19-2-4-24(30)5-3-19)6-7-35-16-25(17-35)36-8-10-37(11-9-36)26(39)18-38/h2-5,12-14,20,25,38H,6-11,15-18H2,1H3. The SMILES string of the molecule is CN(CC(CCN1CC(N2CCN(C(=O)CO)CC2)C1)c1ccc(F)cc1)C(=O)c1cc(Br)cc(C(F)(F)F)c1. The highest BCUT2D eigenvalue weighted by Gasteiger charge is 2.35. The molecule has 0 saturated carbocycles. The van der Waals surface area contributed by atoms with Gasteiger partial charge in [-0.1, -0.05) is 28.1 Å². The summed E-state index contributed by atoms with van der Waals surface area (Å²) in [6.07, 6.45) is -3.89. The molecule has 1 N–H and O–H groups in total. The number of likely N-dealkylation sites (N-methyl/N-ethyl adjacent to an activating group) is 1. The summed E-state index contributed by atoms with van der Waals surface area (Å²) < 4.78 is 53.7. The number of hydrogen-bond donors (Lipinski definition) is 1. The smallest absolute Gasteiger partial charge is 0.387 e. The Labute approximate surface area is 239 Å². The van der Waals surface area contributed by atoms with E-state index in [1.807, 2.05) is 0 Å². The van der Waals surface area contributed by atoms with Gasteiger partial charge in [-0.25, -0.2) is 4.39 Å². The first-order valence-corrected chi connectivity index (χ1v) is 14.0. The van der Waals surface area contributed by atoms with Crippen LogP contribution in [-0.2, 0) is 11.0 Å². The van der Waals surface area contributed by atoms with Crippen LogP contribution in [-0.4, -0.2) is 109 Å². The number of carbonyl (C=O) groups is 2. The van der Waals surface area contributed by atoms with E-state index in [1.165, 1.54) is 23.1 Å². The molecule has 2 fully saturated rings. The van der Waals surface area contributed by atoms with Crippen molar-refractivity contribution >= 4 is 27.7 Å². The van der Waals surface area contributed by atoms with Crippen LogP contribution in [0.3, 0.4) is 0 Å². The van der Waals surface area contributed by atoms with Crippen LogP contribution in [0.2, 0.25) is 0 Å². The van der Waals surface area contributed by atoms with E-state index in [0.717, 1.165) is 50.4 Å². The van der Waals surface area contributed by atoms with Gasteiger partial charge in [0.15, 0.2) is 0 Å². The highest BCUT2D eigenvalue weighted by Crippen LogP contribution is 2.32. The van der Waals surface area contributed by atoms with Crippen molar-refractivity contribution in [2.45, 2.75) is 24.6 Å². The monoisotopic (exact) mass is 628 g/mol. The minimum Gasteiger partial charge on any atom is -0.387 e. The van der Waals surface area contributed by atoms with Crippen molar-refractivity contribution in [1.29, 1.82) is 0 Å². The molecule has 2 amide bonds.